The van der Waals surface area contributed by atoms with Crippen LogP contribution < -0.4 is 5.32 Å². The van der Waals surface area contributed by atoms with Crippen molar-refractivity contribution in [3.05, 3.63) is 42.2 Å². The highest BCUT2D eigenvalue weighted by atomic mass is 16.1. The molecule has 19 heavy (non-hydrogen) atoms. The van der Waals surface area contributed by atoms with Crippen molar-refractivity contribution in [3.63, 3.8) is 0 Å². The van der Waals surface area contributed by atoms with Gasteiger partial charge in [0.25, 0.3) is 0 Å². The molecule has 3 rings (SSSR count). The molecule has 2 aromatic heterocycles. The number of imidazole rings is 1. The Balaban J connectivity index is 1.93. The number of hydrogen-bond donors (Lipinski definition) is 2. The monoisotopic (exact) mass is 255 g/mol. The number of carbonyl (C=O) groups is 1. The summed E-state index contributed by atoms with van der Waals surface area (Å²) in [5.41, 5.74) is 2.57. The Morgan fingerprint density at radius 2 is 2.16 bits per heavy atom. The maximum atomic E-state index is 11.1. The number of benzene rings is 1. The van der Waals surface area contributed by atoms with Gasteiger partial charge in [-0.3, -0.25) is 9.89 Å². The Hall–Kier alpha value is -2.63. The van der Waals surface area contributed by atoms with Crippen LogP contribution in [0.25, 0.3) is 11.2 Å². The Morgan fingerprint density at radius 3 is 2.89 bits per heavy atom. The molecular formula is C13H13N5O. The van der Waals surface area contributed by atoms with E-state index < -0.39 is 0 Å². The number of anilines is 1. The van der Waals surface area contributed by atoms with Crippen LogP contribution in [0.5, 0.6) is 0 Å². The minimum absolute atomic E-state index is 0.150. The van der Waals surface area contributed by atoms with Gasteiger partial charge in [0, 0.05) is 6.92 Å². The minimum atomic E-state index is -0.150. The highest BCUT2D eigenvalue weighted by Crippen LogP contribution is 2.19. The fraction of sp³-hybridized carbons (Fsp3) is 0.154. The summed E-state index contributed by atoms with van der Waals surface area (Å²) >= 11 is 0. The molecule has 0 bridgehead atoms. The molecule has 0 unspecified atom stereocenters. The van der Waals surface area contributed by atoms with Crippen LogP contribution in [0.2, 0.25) is 0 Å². The summed E-state index contributed by atoms with van der Waals surface area (Å²) in [7, 11) is 0. The van der Waals surface area contributed by atoms with E-state index in [-0.39, 0.29) is 5.91 Å². The van der Waals surface area contributed by atoms with Crippen molar-refractivity contribution in [1.82, 2.24) is 19.7 Å². The van der Waals surface area contributed by atoms with Crippen LogP contribution in [0.4, 0.5) is 5.82 Å². The smallest absolute Gasteiger partial charge is 0.222 e. The summed E-state index contributed by atoms with van der Waals surface area (Å²) in [5, 5.41) is 9.65. The number of H-pyrrole nitrogens is 1. The fourth-order valence-electron chi connectivity index (χ4n) is 1.99. The number of amides is 1. The molecule has 0 aliphatic heterocycles. The number of nitrogens with zero attached hydrogens (tertiary/aromatic N) is 3. The zero-order valence-corrected chi connectivity index (χ0v) is 10.4. The molecule has 2 N–H and O–H groups in total. The second-order valence-electron chi connectivity index (χ2n) is 4.31. The number of carbonyl (C=O) groups excluding carboxylic acids is 1. The Morgan fingerprint density at radius 1 is 1.37 bits per heavy atom. The SMILES string of the molecule is CC(=O)Nc1[nH]nc2c1ncn2Cc1ccccc1. The number of fused-ring (bicyclic) bond motifs is 1. The maximum Gasteiger partial charge on any atom is 0.222 e. The maximum absolute atomic E-state index is 11.1. The van der Waals surface area contributed by atoms with E-state index in [4.69, 9.17) is 0 Å². The van der Waals surface area contributed by atoms with Crippen LogP contribution >= 0.6 is 0 Å². The van der Waals surface area contributed by atoms with E-state index in [0.717, 1.165) is 5.65 Å². The van der Waals surface area contributed by atoms with Crippen LogP contribution in [-0.2, 0) is 11.3 Å². The Bertz CT molecular complexity index is 713. The lowest BCUT2D eigenvalue weighted by molar-refractivity contribution is -0.114. The van der Waals surface area contributed by atoms with Gasteiger partial charge in [0.15, 0.2) is 17.0 Å². The first kappa shape index (κ1) is 11.5. The topological polar surface area (TPSA) is 75.6 Å². The van der Waals surface area contributed by atoms with Gasteiger partial charge in [-0.25, -0.2) is 4.98 Å². The van der Waals surface area contributed by atoms with Gasteiger partial charge in [-0.15, -0.1) is 0 Å². The van der Waals surface area contributed by atoms with Crippen LogP contribution in [0, 0.1) is 0 Å². The minimum Gasteiger partial charge on any atom is -0.309 e. The molecule has 0 atom stereocenters. The molecule has 96 valence electrons. The van der Waals surface area contributed by atoms with Crippen LogP contribution in [-0.4, -0.2) is 25.7 Å². The first-order chi connectivity index (χ1) is 9.24. The standard InChI is InChI=1S/C13H13N5O/c1-9(19)15-12-11-13(17-16-12)18(8-14-11)7-10-5-3-2-4-6-10/h2-6,8H,7H2,1H3,(H2,15,16,17,19). The molecule has 0 saturated heterocycles. The second-order valence-corrected chi connectivity index (χ2v) is 4.31. The number of hydrogen-bond acceptors (Lipinski definition) is 3. The number of rotatable bonds is 3. The van der Waals surface area contributed by atoms with E-state index in [1.54, 1.807) is 6.33 Å². The van der Waals surface area contributed by atoms with E-state index in [0.29, 0.717) is 17.9 Å². The lowest BCUT2D eigenvalue weighted by atomic mass is 10.2. The zero-order valence-electron chi connectivity index (χ0n) is 10.4. The van der Waals surface area contributed by atoms with Crippen molar-refractivity contribution in [1.29, 1.82) is 0 Å². The highest BCUT2D eigenvalue weighted by molar-refractivity contribution is 5.95. The lowest BCUT2D eigenvalue weighted by Crippen LogP contribution is -2.06. The van der Waals surface area contributed by atoms with Crippen LogP contribution in [0.3, 0.4) is 0 Å². The van der Waals surface area contributed by atoms with Crippen molar-refractivity contribution >= 4 is 22.9 Å². The molecule has 0 saturated carbocycles. The number of nitrogens with one attached hydrogen (secondary N) is 2. The molecule has 0 spiro atoms. The summed E-state index contributed by atoms with van der Waals surface area (Å²) in [6.07, 6.45) is 1.73. The first-order valence-electron chi connectivity index (χ1n) is 5.95. The van der Waals surface area contributed by atoms with Gasteiger partial charge in [0.2, 0.25) is 5.91 Å². The number of aromatic nitrogens is 4. The van der Waals surface area contributed by atoms with Gasteiger partial charge < -0.3 is 9.88 Å². The molecule has 3 aromatic rings. The Kier molecular flexibility index (Phi) is 2.75. The van der Waals surface area contributed by atoms with E-state index in [1.165, 1.54) is 12.5 Å². The molecular weight excluding hydrogens is 242 g/mol. The predicted molar refractivity (Wildman–Crippen MR) is 71.7 cm³/mol. The van der Waals surface area contributed by atoms with E-state index in [1.807, 2.05) is 34.9 Å². The summed E-state index contributed by atoms with van der Waals surface area (Å²) in [5.74, 6) is 0.387. The van der Waals surface area contributed by atoms with Crippen molar-refractivity contribution in [2.45, 2.75) is 13.5 Å². The molecule has 1 aromatic carbocycles. The molecule has 6 heteroatoms. The third kappa shape index (κ3) is 2.20. The lowest BCUT2D eigenvalue weighted by Gasteiger charge is -2.01. The van der Waals surface area contributed by atoms with Crippen molar-refractivity contribution < 1.29 is 4.79 Å². The molecule has 0 aliphatic carbocycles. The van der Waals surface area contributed by atoms with Crippen molar-refractivity contribution in [3.8, 4) is 0 Å². The molecule has 0 fully saturated rings. The summed E-state index contributed by atoms with van der Waals surface area (Å²) in [6, 6.07) is 10.1. The quantitative estimate of drug-likeness (QED) is 0.748. The summed E-state index contributed by atoms with van der Waals surface area (Å²) < 4.78 is 1.94. The normalized spacial score (nSPS) is 10.8. The first-order valence-corrected chi connectivity index (χ1v) is 5.95. The summed E-state index contributed by atoms with van der Waals surface area (Å²) in [6.45, 7) is 2.15. The van der Waals surface area contributed by atoms with Gasteiger partial charge in [-0.2, -0.15) is 5.10 Å². The number of aromatic amines is 1. The van der Waals surface area contributed by atoms with Gasteiger partial charge in [-0.05, 0) is 5.56 Å². The van der Waals surface area contributed by atoms with Crippen LogP contribution in [0.1, 0.15) is 12.5 Å². The van der Waals surface area contributed by atoms with Crippen molar-refractivity contribution in [2.24, 2.45) is 0 Å². The molecule has 2 heterocycles. The third-order valence-electron chi connectivity index (χ3n) is 2.82. The van der Waals surface area contributed by atoms with E-state index in [9.17, 15) is 4.79 Å². The molecule has 1 amide bonds. The fourth-order valence-corrected chi connectivity index (χ4v) is 1.99. The van der Waals surface area contributed by atoms with Crippen molar-refractivity contribution in [2.75, 3.05) is 5.32 Å². The molecule has 6 nitrogen and oxygen atoms in total. The van der Waals surface area contributed by atoms with E-state index in [2.05, 4.69) is 20.5 Å². The zero-order chi connectivity index (χ0) is 13.2. The predicted octanol–water partition coefficient (Wildman–Crippen LogP) is 1.77. The van der Waals surface area contributed by atoms with Gasteiger partial charge in [0.1, 0.15) is 0 Å². The van der Waals surface area contributed by atoms with Gasteiger partial charge in [0.05, 0.1) is 12.9 Å². The average Bonchev–Trinajstić information content (AvgIpc) is 2.95. The van der Waals surface area contributed by atoms with E-state index >= 15 is 0 Å². The van der Waals surface area contributed by atoms with Gasteiger partial charge in [-0.1, -0.05) is 30.3 Å². The largest absolute Gasteiger partial charge is 0.309 e. The highest BCUT2D eigenvalue weighted by Gasteiger charge is 2.12. The second kappa shape index (κ2) is 4.56. The Labute approximate surface area is 109 Å². The average molecular weight is 255 g/mol. The molecule has 0 aliphatic rings. The third-order valence-corrected chi connectivity index (χ3v) is 2.82. The van der Waals surface area contributed by atoms with Crippen LogP contribution in [0.15, 0.2) is 36.7 Å². The van der Waals surface area contributed by atoms with Gasteiger partial charge >= 0.3 is 0 Å². The molecule has 0 radical (unpaired) electrons. The summed E-state index contributed by atoms with van der Waals surface area (Å²) in [4.78, 5) is 15.3.